The minimum atomic E-state index is 0.0697. The molecule has 2 nitrogen and oxygen atoms in total. The van der Waals surface area contributed by atoms with Crippen molar-refractivity contribution < 1.29 is 4.79 Å². The summed E-state index contributed by atoms with van der Waals surface area (Å²) in [6, 6.07) is 5.92. The molecule has 1 fully saturated rings. The maximum absolute atomic E-state index is 12.4. The highest BCUT2D eigenvalue weighted by Crippen LogP contribution is 2.26. The van der Waals surface area contributed by atoms with Gasteiger partial charge in [-0.15, -0.1) is 12.6 Å². The summed E-state index contributed by atoms with van der Waals surface area (Å²) in [5, 5.41) is 0. The molecule has 1 aliphatic heterocycles. The van der Waals surface area contributed by atoms with Gasteiger partial charge in [0.25, 0.3) is 5.91 Å². The Morgan fingerprint density at radius 3 is 3.00 bits per heavy atom. The summed E-state index contributed by atoms with van der Waals surface area (Å²) in [5.41, 5.74) is 0.692. The van der Waals surface area contributed by atoms with Crippen LogP contribution < -0.4 is 0 Å². The van der Waals surface area contributed by atoms with Gasteiger partial charge in [0.05, 0.1) is 5.56 Å². The molecule has 1 aromatic rings. The van der Waals surface area contributed by atoms with E-state index in [0.717, 1.165) is 27.3 Å². The summed E-state index contributed by atoms with van der Waals surface area (Å²) < 4.78 is 0.831. The molecule has 1 amide bonds. The number of nitrogens with zero attached hydrogens (tertiary/aromatic N) is 1. The van der Waals surface area contributed by atoms with Crippen molar-refractivity contribution in [3.05, 3.63) is 28.2 Å². The van der Waals surface area contributed by atoms with Crippen LogP contribution in [-0.2, 0) is 0 Å². The van der Waals surface area contributed by atoms with Crippen LogP contribution in [0.5, 0.6) is 0 Å². The van der Waals surface area contributed by atoms with Crippen LogP contribution in [0.15, 0.2) is 27.6 Å². The van der Waals surface area contributed by atoms with Gasteiger partial charge in [-0.25, -0.2) is 0 Å². The van der Waals surface area contributed by atoms with E-state index in [-0.39, 0.29) is 5.91 Å². The van der Waals surface area contributed by atoms with Gasteiger partial charge in [-0.2, -0.15) is 11.8 Å². The molecule has 1 aliphatic rings. The van der Waals surface area contributed by atoms with Gasteiger partial charge < -0.3 is 4.90 Å². The molecule has 0 aromatic heterocycles. The van der Waals surface area contributed by atoms with Crippen molar-refractivity contribution in [1.29, 1.82) is 0 Å². The van der Waals surface area contributed by atoms with Crippen LogP contribution in [0, 0.1) is 0 Å². The van der Waals surface area contributed by atoms with E-state index in [1.54, 1.807) is 0 Å². The molecule has 1 aromatic carbocycles. The zero-order chi connectivity index (χ0) is 12.4. The van der Waals surface area contributed by atoms with E-state index < -0.39 is 0 Å². The average Bonchev–Trinajstić information content (AvgIpc) is 2.84. The Bertz CT molecular complexity index is 433. The second-order valence-corrected chi connectivity index (χ2v) is 6.62. The predicted octanol–water partition coefficient (Wildman–Crippen LogP) is 3.32. The van der Waals surface area contributed by atoms with Gasteiger partial charge in [0.1, 0.15) is 0 Å². The second kappa shape index (κ2) is 5.67. The van der Waals surface area contributed by atoms with E-state index in [1.165, 1.54) is 0 Å². The second-order valence-electron chi connectivity index (χ2n) is 4.10. The summed E-state index contributed by atoms with van der Waals surface area (Å²) >= 11 is 9.61. The van der Waals surface area contributed by atoms with Gasteiger partial charge in [0.2, 0.25) is 0 Å². The fourth-order valence-corrected chi connectivity index (χ4v) is 3.75. The van der Waals surface area contributed by atoms with E-state index >= 15 is 0 Å². The maximum atomic E-state index is 12.4. The smallest absolute Gasteiger partial charge is 0.255 e. The monoisotopic (exact) mass is 331 g/mol. The third-order valence-corrected chi connectivity index (χ3v) is 5.07. The molecule has 17 heavy (non-hydrogen) atoms. The normalized spacial score (nSPS) is 19.4. The summed E-state index contributed by atoms with van der Waals surface area (Å²) in [4.78, 5) is 15.0. The summed E-state index contributed by atoms with van der Waals surface area (Å²) in [6.07, 6.45) is 1.09. The number of benzene rings is 1. The minimum absolute atomic E-state index is 0.0697. The van der Waals surface area contributed by atoms with Crippen molar-refractivity contribution in [3.63, 3.8) is 0 Å². The number of thiol groups is 1. The van der Waals surface area contributed by atoms with Gasteiger partial charge in [0, 0.05) is 28.2 Å². The highest BCUT2D eigenvalue weighted by molar-refractivity contribution is 9.10. The zero-order valence-corrected chi connectivity index (χ0v) is 12.8. The third kappa shape index (κ3) is 3.01. The van der Waals surface area contributed by atoms with Gasteiger partial charge in [-0.05, 0) is 46.3 Å². The first-order valence-corrected chi connectivity index (χ1v) is 7.82. The Balaban J connectivity index is 2.20. The standard InChI is InChI=1S/C12H14BrNOS2/c1-14(8-4-5-17-7-8)12(15)10-6-9(16)2-3-11(10)13/h2-3,6,8,16H,4-5,7H2,1H3. The first kappa shape index (κ1) is 13.3. The number of carbonyl (C=O) groups is 1. The Labute approximate surface area is 120 Å². The lowest BCUT2D eigenvalue weighted by Crippen LogP contribution is -2.37. The van der Waals surface area contributed by atoms with Crippen molar-refractivity contribution >= 4 is 46.2 Å². The minimum Gasteiger partial charge on any atom is -0.338 e. The molecular weight excluding hydrogens is 318 g/mol. The first-order valence-electron chi connectivity index (χ1n) is 5.43. The fourth-order valence-electron chi connectivity index (χ4n) is 1.86. The largest absolute Gasteiger partial charge is 0.338 e. The molecule has 5 heteroatoms. The molecule has 0 saturated carbocycles. The third-order valence-electron chi connectivity index (χ3n) is 2.95. The number of thioether (sulfide) groups is 1. The topological polar surface area (TPSA) is 20.3 Å². The molecule has 0 spiro atoms. The molecule has 0 bridgehead atoms. The molecule has 2 rings (SSSR count). The lowest BCUT2D eigenvalue weighted by Gasteiger charge is -2.24. The lowest BCUT2D eigenvalue weighted by molar-refractivity contribution is 0.0746. The van der Waals surface area contributed by atoms with E-state index in [4.69, 9.17) is 0 Å². The number of amides is 1. The summed E-state index contributed by atoms with van der Waals surface area (Å²) in [5.74, 6) is 2.26. The van der Waals surface area contributed by atoms with Crippen LogP contribution in [-0.4, -0.2) is 35.4 Å². The first-order chi connectivity index (χ1) is 8.09. The Morgan fingerprint density at radius 1 is 1.59 bits per heavy atom. The lowest BCUT2D eigenvalue weighted by atomic mass is 10.1. The molecule has 0 aliphatic carbocycles. The molecule has 0 N–H and O–H groups in total. The number of rotatable bonds is 2. The van der Waals surface area contributed by atoms with Crippen molar-refractivity contribution in [2.45, 2.75) is 17.4 Å². The average molecular weight is 332 g/mol. The Morgan fingerprint density at radius 2 is 2.35 bits per heavy atom. The number of hydrogen-bond acceptors (Lipinski definition) is 3. The van der Waals surface area contributed by atoms with Crippen molar-refractivity contribution in [2.24, 2.45) is 0 Å². The van der Waals surface area contributed by atoms with Gasteiger partial charge in [0.15, 0.2) is 0 Å². The zero-order valence-electron chi connectivity index (χ0n) is 9.52. The molecule has 1 saturated heterocycles. The molecule has 1 unspecified atom stereocenters. The quantitative estimate of drug-likeness (QED) is 0.839. The molecule has 1 atom stereocenters. The summed E-state index contributed by atoms with van der Waals surface area (Å²) in [6.45, 7) is 0. The Hall–Kier alpha value is -0.130. The van der Waals surface area contributed by atoms with Gasteiger partial charge in [-0.1, -0.05) is 0 Å². The van der Waals surface area contributed by atoms with Crippen molar-refractivity contribution in [1.82, 2.24) is 4.90 Å². The van der Waals surface area contributed by atoms with Crippen molar-refractivity contribution in [3.8, 4) is 0 Å². The molecule has 1 heterocycles. The molecular formula is C12H14BrNOS2. The maximum Gasteiger partial charge on any atom is 0.255 e. The molecule has 0 radical (unpaired) electrons. The van der Waals surface area contributed by atoms with E-state index in [2.05, 4.69) is 28.6 Å². The van der Waals surface area contributed by atoms with Gasteiger partial charge >= 0.3 is 0 Å². The Kier molecular flexibility index (Phi) is 4.44. The highest BCUT2D eigenvalue weighted by atomic mass is 79.9. The van der Waals surface area contributed by atoms with Crippen LogP contribution in [0.4, 0.5) is 0 Å². The van der Waals surface area contributed by atoms with Crippen LogP contribution in [0.3, 0.4) is 0 Å². The van der Waals surface area contributed by atoms with Crippen LogP contribution in [0.1, 0.15) is 16.8 Å². The van der Waals surface area contributed by atoms with Gasteiger partial charge in [-0.3, -0.25) is 4.79 Å². The van der Waals surface area contributed by atoms with E-state index in [9.17, 15) is 4.79 Å². The SMILES string of the molecule is CN(C(=O)c1cc(S)ccc1Br)C1CCSC1. The number of carbonyl (C=O) groups excluding carboxylic acids is 1. The van der Waals surface area contributed by atoms with Crippen molar-refractivity contribution in [2.75, 3.05) is 18.6 Å². The fraction of sp³-hybridized carbons (Fsp3) is 0.417. The predicted molar refractivity (Wildman–Crippen MR) is 79.2 cm³/mol. The van der Waals surface area contributed by atoms with E-state index in [1.807, 2.05) is 41.9 Å². The van der Waals surface area contributed by atoms with E-state index in [0.29, 0.717) is 11.6 Å². The van der Waals surface area contributed by atoms with Crippen LogP contribution >= 0.6 is 40.3 Å². The number of hydrogen-bond donors (Lipinski definition) is 1. The molecule has 92 valence electrons. The summed E-state index contributed by atoms with van der Waals surface area (Å²) in [7, 11) is 1.89. The highest BCUT2D eigenvalue weighted by Gasteiger charge is 2.25. The number of halogens is 1. The van der Waals surface area contributed by atoms with Crippen LogP contribution in [0.2, 0.25) is 0 Å². The van der Waals surface area contributed by atoms with Crippen LogP contribution in [0.25, 0.3) is 0 Å².